The predicted molar refractivity (Wildman–Crippen MR) is 58.8 cm³/mol. The smallest absolute Gasteiger partial charge is 0.130 e. The van der Waals surface area contributed by atoms with E-state index in [2.05, 4.69) is 4.90 Å². The Labute approximate surface area is 91.8 Å². The summed E-state index contributed by atoms with van der Waals surface area (Å²) in [5.74, 6) is 0.350. The highest BCUT2D eigenvalue weighted by molar-refractivity contribution is 5.76. The van der Waals surface area contributed by atoms with E-state index >= 15 is 0 Å². The van der Waals surface area contributed by atoms with E-state index in [1.165, 1.54) is 19.3 Å². The lowest BCUT2D eigenvalue weighted by molar-refractivity contribution is -0.121. The normalized spacial score (nSPS) is 25.9. The Balaban J connectivity index is 1.86. The number of carbonyl (C=O) groups is 1. The number of nitrogens with zero attached hydrogens (tertiary/aromatic N) is 1. The third kappa shape index (κ3) is 2.79. The molecule has 2 rings (SSSR count). The molecule has 1 aliphatic heterocycles. The first-order valence-electron chi connectivity index (χ1n) is 6.00. The lowest BCUT2D eigenvalue weighted by atomic mass is 9.65. The van der Waals surface area contributed by atoms with Crippen LogP contribution in [0.15, 0.2) is 0 Å². The molecule has 86 valence electrons. The van der Waals surface area contributed by atoms with Gasteiger partial charge in [-0.25, -0.2) is 0 Å². The number of ketones is 1. The molecule has 0 aromatic rings. The molecule has 1 saturated heterocycles. The topological polar surface area (TPSA) is 29.5 Å². The van der Waals surface area contributed by atoms with Crippen LogP contribution in [0.25, 0.3) is 0 Å². The second kappa shape index (κ2) is 4.62. The Bertz CT molecular complexity index is 230. The largest absolute Gasteiger partial charge is 0.379 e. The highest BCUT2D eigenvalue weighted by Gasteiger charge is 2.39. The third-order valence-electron chi connectivity index (χ3n) is 3.70. The van der Waals surface area contributed by atoms with E-state index in [4.69, 9.17) is 4.74 Å². The Hall–Kier alpha value is -0.410. The third-order valence-corrected chi connectivity index (χ3v) is 3.70. The molecule has 0 amide bonds. The first-order valence-corrected chi connectivity index (χ1v) is 6.00. The van der Waals surface area contributed by atoms with Crippen LogP contribution in [0.3, 0.4) is 0 Å². The van der Waals surface area contributed by atoms with Gasteiger partial charge in [0.1, 0.15) is 5.78 Å². The maximum atomic E-state index is 11.3. The van der Waals surface area contributed by atoms with Crippen molar-refractivity contribution in [1.29, 1.82) is 0 Å². The molecule has 1 heterocycles. The van der Waals surface area contributed by atoms with Gasteiger partial charge in [-0.3, -0.25) is 4.90 Å². The van der Waals surface area contributed by atoms with Crippen molar-refractivity contribution in [2.45, 2.75) is 32.6 Å². The molecule has 15 heavy (non-hydrogen) atoms. The standard InChI is InChI=1S/C12H21NO2/c1-11(14)9-12(3-2-4-12)10-13-5-7-15-8-6-13/h2-10H2,1H3. The second-order valence-corrected chi connectivity index (χ2v) is 5.12. The predicted octanol–water partition coefficient (Wildman–Crippen LogP) is 1.47. The van der Waals surface area contributed by atoms with Crippen LogP contribution in [0.5, 0.6) is 0 Å². The first kappa shape index (κ1) is 11.1. The van der Waals surface area contributed by atoms with E-state index in [1.54, 1.807) is 6.92 Å². The lowest BCUT2D eigenvalue weighted by Crippen LogP contribution is -2.47. The minimum absolute atomic E-state index is 0.323. The number of morpholine rings is 1. The zero-order valence-electron chi connectivity index (χ0n) is 9.63. The minimum atomic E-state index is 0.323. The van der Waals surface area contributed by atoms with Crippen LogP contribution in [0.4, 0.5) is 0 Å². The van der Waals surface area contributed by atoms with Crippen molar-refractivity contribution in [3.63, 3.8) is 0 Å². The molecule has 1 saturated carbocycles. The van der Waals surface area contributed by atoms with Crippen LogP contribution in [-0.4, -0.2) is 43.5 Å². The summed E-state index contributed by atoms with van der Waals surface area (Å²) in [4.78, 5) is 13.7. The molecule has 0 radical (unpaired) electrons. The maximum Gasteiger partial charge on any atom is 0.130 e. The fraction of sp³-hybridized carbons (Fsp3) is 0.917. The van der Waals surface area contributed by atoms with Crippen molar-refractivity contribution in [3.8, 4) is 0 Å². The summed E-state index contributed by atoms with van der Waals surface area (Å²) in [6, 6.07) is 0. The summed E-state index contributed by atoms with van der Waals surface area (Å²) in [7, 11) is 0. The van der Waals surface area contributed by atoms with Gasteiger partial charge in [0, 0.05) is 26.1 Å². The average molecular weight is 211 g/mol. The number of rotatable bonds is 4. The molecule has 1 aliphatic carbocycles. The molecular weight excluding hydrogens is 190 g/mol. The van der Waals surface area contributed by atoms with E-state index in [1.807, 2.05) is 0 Å². The van der Waals surface area contributed by atoms with Gasteiger partial charge in [0.05, 0.1) is 13.2 Å². The van der Waals surface area contributed by atoms with Crippen molar-refractivity contribution >= 4 is 5.78 Å². The van der Waals surface area contributed by atoms with Crippen molar-refractivity contribution in [2.24, 2.45) is 5.41 Å². The van der Waals surface area contributed by atoms with Crippen molar-refractivity contribution in [3.05, 3.63) is 0 Å². The molecule has 0 spiro atoms. The number of hydrogen-bond acceptors (Lipinski definition) is 3. The number of hydrogen-bond donors (Lipinski definition) is 0. The van der Waals surface area contributed by atoms with Gasteiger partial charge in [0.25, 0.3) is 0 Å². The summed E-state index contributed by atoms with van der Waals surface area (Å²) in [6.07, 6.45) is 4.57. The van der Waals surface area contributed by atoms with Crippen LogP contribution in [0, 0.1) is 5.41 Å². The van der Waals surface area contributed by atoms with E-state index in [0.717, 1.165) is 39.3 Å². The highest BCUT2D eigenvalue weighted by atomic mass is 16.5. The number of Topliss-reactive ketones (excluding diaryl/α,β-unsaturated/α-hetero) is 1. The maximum absolute atomic E-state index is 11.3. The molecule has 2 fully saturated rings. The molecule has 3 nitrogen and oxygen atoms in total. The molecule has 0 aromatic carbocycles. The van der Waals surface area contributed by atoms with Gasteiger partial charge in [-0.05, 0) is 25.2 Å². The van der Waals surface area contributed by atoms with E-state index in [0.29, 0.717) is 11.2 Å². The van der Waals surface area contributed by atoms with Gasteiger partial charge in [0.2, 0.25) is 0 Å². The Morgan fingerprint density at radius 2 is 2.00 bits per heavy atom. The molecule has 0 bridgehead atoms. The minimum Gasteiger partial charge on any atom is -0.379 e. The van der Waals surface area contributed by atoms with Gasteiger partial charge in [-0.1, -0.05) is 6.42 Å². The Morgan fingerprint density at radius 1 is 1.33 bits per heavy atom. The molecule has 2 aliphatic rings. The average Bonchev–Trinajstić information content (AvgIpc) is 2.15. The van der Waals surface area contributed by atoms with Gasteiger partial charge in [0.15, 0.2) is 0 Å². The van der Waals surface area contributed by atoms with Crippen molar-refractivity contribution < 1.29 is 9.53 Å². The molecular formula is C12H21NO2. The SMILES string of the molecule is CC(=O)CC1(CN2CCOCC2)CCC1. The van der Waals surface area contributed by atoms with E-state index < -0.39 is 0 Å². The highest BCUT2D eigenvalue weighted by Crippen LogP contribution is 2.44. The van der Waals surface area contributed by atoms with Crippen LogP contribution < -0.4 is 0 Å². The molecule has 3 heteroatoms. The summed E-state index contributed by atoms with van der Waals surface area (Å²) in [5.41, 5.74) is 0.323. The summed E-state index contributed by atoms with van der Waals surface area (Å²) in [6.45, 7) is 6.63. The van der Waals surface area contributed by atoms with Crippen LogP contribution in [0.1, 0.15) is 32.6 Å². The lowest BCUT2D eigenvalue weighted by Gasteiger charge is -2.45. The fourth-order valence-corrected chi connectivity index (χ4v) is 2.83. The number of ether oxygens (including phenoxy) is 1. The summed E-state index contributed by atoms with van der Waals surface area (Å²) in [5, 5.41) is 0. The molecule has 0 atom stereocenters. The van der Waals surface area contributed by atoms with E-state index in [9.17, 15) is 4.79 Å². The zero-order valence-corrected chi connectivity index (χ0v) is 9.63. The van der Waals surface area contributed by atoms with Gasteiger partial charge >= 0.3 is 0 Å². The van der Waals surface area contributed by atoms with Crippen molar-refractivity contribution in [1.82, 2.24) is 4.90 Å². The quantitative estimate of drug-likeness (QED) is 0.705. The Morgan fingerprint density at radius 3 is 2.47 bits per heavy atom. The van der Waals surface area contributed by atoms with Crippen LogP contribution in [-0.2, 0) is 9.53 Å². The van der Waals surface area contributed by atoms with Crippen LogP contribution in [0.2, 0.25) is 0 Å². The molecule has 0 aromatic heterocycles. The fourth-order valence-electron chi connectivity index (χ4n) is 2.83. The zero-order chi connectivity index (χ0) is 10.7. The van der Waals surface area contributed by atoms with Crippen LogP contribution >= 0.6 is 0 Å². The Kier molecular flexibility index (Phi) is 3.42. The second-order valence-electron chi connectivity index (χ2n) is 5.12. The number of carbonyl (C=O) groups excluding carboxylic acids is 1. The molecule has 0 unspecified atom stereocenters. The summed E-state index contributed by atoms with van der Waals surface area (Å²) < 4.78 is 5.34. The summed E-state index contributed by atoms with van der Waals surface area (Å²) >= 11 is 0. The van der Waals surface area contributed by atoms with Gasteiger partial charge in [-0.15, -0.1) is 0 Å². The monoisotopic (exact) mass is 211 g/mol. The molecule has 0 N–H and O–H groups in total. The van der Waals surface area contributed by atoms with Gasteiger partial charge < -0.3 is 9.53 Å². The van der Waals surface area contributed by atoms with Crippen molar-refractivity contribution in [2.75, 3.05) is 32.8 Å². The first-order chi connectivity index (χ1) is 7.20. The van der Waals surface area contributed by atoms with Gasteiger partial charge in [-0.2, -0.15) is 0 Å². The van der Waals surface area contributed by atoms with E-state index in [-0.39, 0.29) is 0 Å².